The molecule has 0 heterocycles. The number of carbonyl (C=O) groups excluding carboxylic acids is 1. The summed E-state index contributed by atoms with van der Waals surface area (Å²) in [4.78, 5) is 12.1. The Balaban J connectivity index is 1.65. The summed E-state index contributed by atoms with van der Waals surface area (Å²) in [6, 6.07) is 18.7. The third kappa shape index (κ3) is 6.83. The number of rotatable bonds is 8. The Bertz CT molecular complexity index is 1110. The van der Waals surface area contributed by atoms with E-state index in [1.165, 1.54) is 0 Å². The number of urea groups is 1. The first-order chi connectivity index (χ1) is 15.5. The molecule has 0 aliphatic heterocycles. The van der Waals surface area contributed by atoms with Crippen LogP contribution in [0.25, 0.3) is 0 Å². The quantitative estimate of drug-likeness (QED) is 0.239. The first-order valence-electron chi connectivity index (χ1n) is 9.95. The second kappa shape index (κ2) is 11.7. The standard InChI is InChI=1S/C24H23Br2N3O3/c1-3-31-22-12-18(21(26)13-23(22)32-15-17-7-5-4-6-8-17)14-27-29-24(30)28-19-9-10-20(25)16(2)11-19/h4-14H,3,15H2,1-2H3,(H2,28,29,30)/b27-14+. The Labute approximate surface area is 204 Å². The molecule has 0 spiro atoms. The minimum absolute atomic E-state index is 0.429. The first kappa shape index (κ1) is 23.8. The van der Waals surface area contributed by atoms with Gasteiger partial charge < -0.3 is 14.8 Å². The summed E-state index contributed by atoms with van der Waals surface area (Å²) in [5.74, 6) is 1.22. The Morgan fingerprint density at radius 3 is 2.47 bits per heavy atom. The number of hydrogen-bond donors (Lipinski definition) is 2. The predicted octanol–water partition coefficient (Wildman–Crippen LogP) is 6.65. The lowest BCUT2D eigenvalue weighted by molar-refractivity contribution is 0.252. The summed E-state index contributed by atoms with van der Waals surface area (Å²) in [5.41, 5.74) is 5.97. The van der Waals surface area contributed by atoms with E-state index < -0.39 is 6.03 Å². The van der Waals surface area contributed by atoms with Crippen LogP contribution in [0.3, 0.4) is 0 Å². The predicted molar refractivity (Wildman–Crippen MR) is 135 cm³/mol. The lowest BCUT2D eigenvalue weighted by Crippen LogP contribution is -2.24. The van der Waals surface area contributed by atoms with Crippen LogP contribution < -0.4 is 20.2 Å². The van der Waals surface area contributed by atoms with Gasteiger partial charge in [-0.25, -0.2) is 10.2 Å². The van der Waals surface area contributed by atoms with Gasteiger partial charge in [-0.1, -0.05) is 46.3 Å². The average molecular weight is 561 g/mol. The van der Waals surface area contributed by atoms with Gasteiger partial charge in [0.25, 0.3) is 0 Å². The second-order valence-electron chi connectivity index (χ2n) is 6.82. The molecule has 3 aromatic rings. The van der Waals surface area contributed by atoms with Crippen LogP contribution in [0.15, 0.2) is 74.7 Å². The summed E-state index contributed by atoms with van der Waals surface area (Å²) in [6.45, 7) is 4.78. The van der Waals surface area contributed by atoms with Gasteiger partial charge in [-0.15, -0.1) is 0 Å². The molecule has 0 fully saturated rings. The third-order valence-corrected chi connectivity index (χ3v) is 5.96. The van der Waals surface area contributed by atoms with Gasteiger partial charge in [-0.05, 0) is 71.2 Å². The molecule has 166 valence electrons. The number of hydrogen-bond acceptors (Lipinski definition) is 4. The van der Waals surface area contributed by atoms with Crippen molar-refractivity contribution < 1.29 is 14.3 Å². The van der Waals surface area contributed by atoms with E-state index in [4.69, 9.17) is 9.47 Å². The zero-order valence-corrected chi connectivity index (χ0v) is 20.9. The number of halogens is 2. The molecule has 2 amide bonds. The number of carbonyl (C=O) groups is 1. The highest BCUT2D eigenvalue weighted by Gasteiger charge is 2.11. The second-order valence-corrected chi connectivity index (χ2v) is 8.52. The summed E-state index contributed by atoms with van der Waals surface area (Å²) in [6.07, 6.45) is 1.54. The van der Waals surface area contributed by atoms with E-state index in [0.717, 1.165) is 25.6 Å². The van der Waals surface area contributed by atoms with Crippen molar-refractivity contribution >= 4 is 49.8 Å². The summed E-state index contributed by atoms with van der Waals surface area (Å²) in [7, 11) is 0. The summed E-state index contributed by atoms with van der Waals surface area (Å²) < 4.78 is 13.4. The maximum absolute atomic E-state index is 12.1. The fourth-order valence-corrected chi connectivity index (χ4v) is 3.48. The van der Waals surface area contributed by atoms with Gasteiger partial charge in [0.15, 0.2) is 11.5 Å². The van der Waals surface area contributed by atoms with Gasteiger partial charge in [-0.3, -0.25) is 0 Å². The molecule has 3 rings (SSSR count). The van der Waals surface area contributed by atoms with Crippen LogP contribution >= 0.6 is 31.9 Å². The Kier molecular flexibility index (Phi) is 8.70. The van der Waals surface area contributed by atoms with Crippen LogP contribution in [0.5, 0.6) is 11.5 Å². The van der Waals surface area contributed by atoms with E-state index in [1.807, 2.05) is 68.4 Å². The van der Waals surface area contributed by atoms with Crippen molar-refractivity contribution in [1.29, 1.82) is 0 Å². The van der Waals surface area contributed by atoms with Crippen LogP contribution in [0.4, 0.5) is 10.5 Å². The molecule has 0 radical (unpaired) electrons. The molecule has 8 heteroatoms. The highest BCUT2D eigenvalue weighted by atomic mass is 79.9. The monoisotopic (exact) mass is 559 g/mol. The zero-order valence-electron chi connectivity index (χ0n) is 17.7. The molecule has 2 N–H and O–H groups in total. The molecule has 0 bridgehead atoms. The van der Waals surface area contributed by atoms with Crippen molar-refractivity contribution in [3.63, 3.8) is 0 Å². The van der Waals surface area contributed by atoms with Crippen molar-refractivity contribution in [2.75, 3.05) is 11.9 Å². The molecule has 32 heavy (non-hydrogen) atoms. The van der Waals surface area contributed by atoms with Crippen LogP contribution in [0.2, 0.25) is 0 Å². The number of nitrogens with one attached hydrogen (secondary N) is 2. The van der Waals surface area contributed by atoms with Crippen molar-refractivity contribution in [2.45, 2.75) is 20.5 Å². The normalized spacial score (nSPS) is 10.8. The first-order valence-corrected chi connectivity index (χ1v) is 11.5. The maximum atomic E-state index is 12.1. The van der Waals surface area contributed by atoms with Crippen LogP contribution in [-0.2, 0) is 6.61 Å². The molecule has 0 saturated heterocycles. The smallest absolute Gasteiger partial charge is 0.339 e. The number of aryl methyl sites for hydroxylation is 1. The topological polar surface area (TPSA) is 72.0 Å². The molecule has 0 saturated carbocycles. The number of ether oxygens (including phenoxy) is 2. The highest BCUT2D eigenvalue weighted by molar-refractivity contribution is 9.10. The van der Waals surface area contributed by atoms with E-state index in [2.05, 4.69) is 47.7 Å². The Morgan fingerprint density at radius 1 is 1.00 bits per heavy atom. The van der Waals surface area contributed by atoms with Crippen molar-refractivity contribution in [1.82, 2.24) is 5.43 Å². The fraction of sp³-hybridized carbons (Fsp3) is 0.167. The van der Waals surface area contributed by atoms with Gasteiger partial charge >= 0.3 is 6.03 Å². The SMILES string of the molecule is CCOc1cc(/C=N/NC(=O)Nc2ccc(Br)c(C)c2)c(Br)cc1OCc1ccccc1. The molecule has 6 nitrogen and oxygen atoms in total. The molecule has 0 atom stereocenters. The van der Waals surface area contributed by atoms with Crippen LogP contribution in [-0.4, -0.2) is 18.9 Å². The van der Waals surface area contributed by atoms with Crippen LogP contribution in [0.1, 0.15) is 23.6 Å². The van der Waals surface area contributed by atoms with Gasteiger partial charge in [0.1, 0.15) is 6.61 Å². The van der Waals surface area contributed by atoms with E-state index >= 15 is 0 Å². The Hall–Kier alpha value is -2.84. The number of amides is 2. The number of hydrazone groups is 1. The zero-order chi connectivity index (χ0) is 22.9. The minimum atomic E-state index is -0.438. The fourth-order valence-electron chi connectivity index (χ4n) is 2.81. The molecule has 0 aliphatic carbocycles. The molecular formula is C24H23Br2N3O3. The van der Waals surface area contributed by atoms with Crippen molar-refractivity contribution in [2.24, 2.45) is 5.10 Å². The largest absolute Gasteiger partial charge is 0.490 e. The summed E-state index contributed by atoms with van der Waals surface area (Å²) >= 11 is 6.97. The maximum Gasteiger partial charge on any atom is 0.339 e. The van der Waals surface area contributed by atoms with E-state index in [-0.39, 0.29) is 0 Å². The number of anilines is 1. The van der Waals surface area contributed by atoms with Gasteiger partial charge in [0, 0.05) is 20.2 Å². The molecule has 0 aliphatic rings. The number of nitrogens with zero attached hydrogens (tertiary/aromatic N) is 1. The lowest BCUT2D eigenvalue weighted by atomic mass is 10.2. The molecule has 0 aromatic heterocycles. The van der Waals surface area contributed by atoms with Gasteiger partial charge in [0.05, 0.1) is 12.8 Å². The van der Waals surface area contributed by atoms with E-state index in [1.54, 1.807) is 12.3 Å². The third-order valence-electron chi connectivity index (χ3n) is 4.39. The van der Waals surface area contributed by atoms with Crippen molar-refractivity contribution in [3.05, 3.63) is 86.3 Å². The number of benzene rings is 3. The Morgan fingerprint density at radius 2 is 1.75 bits per heavy atom. The van der Waals surface area contributed by atoms with E-state index in [0.29, 0.717) is 30.4 Å². The molecular weight excluding hydrogens is 538 g/mol. The molecule has 0 unspecified atom stereocenters. The van der Waals surface area contributed by atoms with Gasteiger partial charge in [0.2, 0.25) is 0 Å². The minimum Gasteiger partial charge on any atom is -0.490 e. The van der Waals surface area contributed by atoms with Crippen LogP contribution in [0, 0.1) is 6.92 Å². The van der Waals surface area contributed by atoms with E-state index in [9.17, 15) is 4.79 Å². The van der Waals surface area contributed by atoms with Crippen molar-refractivity contribution in [3.8, 4) is 11.5 Å². The van der Waals surface area contributed by atoms with Gasteiger partial charge in [-0.2, -0.15) is 5.10 Å². The average Bonchev–Trinajstić information content (AvgIpc) is 2.78. The lowest BCUT2D eigenvalue weighted by Gasteiger charge is -2.14. The summed E-state index contributed by atoms with van der Waals surface area (Å²) in [5, 5.41) is 6.78. The molecule has 3 aromatic carbocycles. The highest BCUT2D eigenvalue weighted by Crippen LogP contribution is 2.33.